The number of rotatable bonds is 4. The van der Waals surface area contributed by atoms with E-state index in [0.717, 1.165) is 32.5 Å². The second-order valence-electron chi connectivity index (χ2n) is 3.78. The molecule has 1 unspecified atom stereocenters. The number of nitrogens with one attached hydrogen (secondary N) is 1. The van der Waals surface area contributed by atoms with Crippen molar-refractivity contribution in [1.29, 1.82) is 0 Å². The average Bonchev–Trinajstić information content (AvgIpc) is 2.25. The highest BCUT2D eigenvalue weighted by Crippen LogP contribution is 2.07. The molecule has 1 aliphatic heterocycles. The van der Waals surface area contributed by atoms with Crippen LogP contribution in [0.3, 0.4) is 0 Å². The molecule has 4 heteroatoms. The first kappa shape index (κ1) is 11.5. The molecule has 1 fully saturated rings. The molecular formula is C10H21N3O. The zero-order valence-electron chi connectivity index (χ0n) is 8.96. The molecule has 14 heavy (non-hydrogen) atoms. The van der Waals surface area contributed by atoms with E-state index in [9.17, 15) is 4.79 Å². The number of unbranched alkanes of at least 4 members (excludes halogenated alkanes) is 1. The van der Waals surface area contributed by atoms with E-state index in [1.54, 1.807) is 0 Å². The van der Waals surface area contributed by atoms with Gasteiger partial charge in [0.1, 0.15) is 0 Å². The van der Waals surface area contributed by atoms with E-state index < -0.39 is 0 Å². The van der Waals surface area contributed by atoms with Gasteiger partial charge in [-0.3, -0.25) is 4.79 Å². The number of carbonyl (C=O) groups excluding carboxylic acids is 1. The number of nitrogens with two attached hydrogens (primary N) is 1. The molecule has 1 aliphatic rings. The third-order valence-corrected chi connectivity index (χ3v) is 2.69. The molecule has 1 amide bonds. The molecule has 1 saturated heterocycles. The highest BCUT2D eigenvalue weighted by molar-refractivity contribution is 5.76. The Bertz CT molecular complexity index is 184. The summed E-state index contributed by atoms with van der Waals surface area (Å²) in [5.74, 6) is 0.267. The lowest BCUT2D eigenvalue weighted by Crippen LogP contribution is -2.56. The number of piperazine rings is 1. The fourth-order valence-electron chi connectivity index (χ4n) is 1.77. The molecule has 0 bridgehead atoms. The SMILES string of the molecule is CCCCC(=O)N1CCNCC1CN. The predicted octanol–water partition coefficient (Wildman–Crippen LogP) is -0.0643. The minimum absolute atomic E-state index is 0.202. The van der Waals surface area contributed by atoms with Gasteiger partial charge in [0, 0.05) is 32.6 Å². The van der Waals surface area contributed by atoms with Crippen LogP contribution >= 0.6 is 0 Å². The molecule has 4 nitrogen and oxygen atoms in total. The fraction of sp³-hybridized carbons (Fsp3) is 0.900. The van der Waals surface area contributed by atoms with Gasteiger partial charge in [-0.1, -0.05) is 13.3 Å². The largest absolute Gasteiger partial charge is 0.336 e. The maximum absolute atomic E-state index is 11.8. The molecule has 0 aromatic heterocycles. The van der Waals surface area contributed by atoms with E-state index >= 15 is 0 Å². The third-order valence-electron chi connectivity index (χ3n) is 2.69. The van der Waals surface area contributed by atoms with Gasteiger partial charge < -0.3 is 16.0 Å². The fourth-order valence-corrected chi connectivity index (χ4v) is 1.77. The van der Waals surface area contributed by atoms with Crippen LogP contribution in [0.2, 0.25) is 0 Å². The van der Waals surface area contributed by atoms with Gasteiger partial charge in [0.2, 0.25) is 5.91 Å². The van der Waals surface area contributed by atoms with Crippen molar-refractivity contribution in [3.63, 3.8) is 0 Å². The molecular weight excluding hydrogens is 178 g/mol. The Morgan fingerprint density at radius 2 is 2.43 bits per heavy atom. The zero-order valence-corrected chi connectivity index (χ0v) is 8.96. The summed E-state index contributed by atoms with van der Waals surface area (Å²) in [6.45, 7) is 5.21. The van der Waals surface area contributed by atoms with Crippen molar-refractivity contribution < 1.29 is 4.79 Å². The molecule has 1 atom stereocenters. The zero-order chi connectivity index (χ0) is 10.4. The summed E-state index contributed by atoms with van der Waals surface area (Å²) in [5, 5.41) is 3.25. The van der Waals surface area contributed by atoms with Crippen LogP contribution in [0.4, 0.5) is 0 Å². The minimum Gasteiger partial charge on any atom is -0.336 e. The molecule has 0 aromatic rings. The van der Waals surface area contributed by atoms with Crippen LogP contribution in [0, 0.1) is 0 Å². The molecule has 0 aromatic carbocycles. The number of amides is 1. The van der Waals surface area contributed by atoms with E-state index in [-0.39, 0.29) is 11.9 Å². The Labute approximate surface area is 85.8 Å². The van der Waals surface area contributed by atoms with E-state index in [0.29, 0.717) is 13.0 Å². The standard InChI is InChI=1S/C10H21N3O/c1-2-3-4-10(14)13-6-5-12-8-9(13)7-11/h9,12H,2-8,11H2,1H3. The van der Waals surface area contributed by atoms with Gasteiger partial charge in [-0.2, -0.15) is 0 Å². The summed E-state index contributed by atoms with van der Waals surface area (Å²) in [4.78, 5) is 13.7. The van der Waals surface area contributed by atoms with Crippen LogP contribution in [0.15, 0.2) is 0 Å². The second-order valence-corrected chi connectivity index (χ2v) is 3.78. The van der Waals surface area contributed by atoms with Crippen molar-refractivity contribution in [3.8, 4) is 0 Å². The number of hydrogen-bond donors (Lipinski definition) is 2. The first-order chi connectivity index (χ1) is 6.79. The number of carbonyl (C=O) groups is 1. The third kappa shape index (κ3) is 2.96. The highest BCUT2D eigenvalue weighted by atomic mass is 16.2. The Morgan fingerprint density at radius 1 is 1.64 bits per heavy atom. The van der Waals surface area contributed by atoms with Crippen LogP contribution < -0.4 is 11.1 Å². The van der Waals surface area contributed by atoms with E-state index in [4.69, 9.17) is 5.73 Å². The van der Waals surface area contributed by atoms with Crippen LogP contribution in [0.25, 0.3) is 0 Å². The molecule has 0 radical (unpaired) electrons. The van der Waals surface area contributed by atoms with Crippen LogP contribution in [0.1, 0.15) is 26.2 Å². The lowest BCUT2D eigenvalue weighted by atomic mass is 10.1. The Kier molecular flexibility index (Phi) is 4.90. The predicted molar refractivity (Wildman–Crippen MR) is 57.0 cm³/mol. The average molecular weight is 199 g/mol. The maximum atomic E-state index is 11.8. The maximum Gasteiger partial charge on any atom is 0.222 e. The normalized spacial score (nSPS) is 22.4. The van der Waals surface area contributed by atoms with Gasteiger partial charge in [0.05, 0.1) is 6.04 Å². The van der Waals surface area contributed by atoms with Gasteiger partial charge in [0.25, 0.3) is 0 Å². The minimum atomic E-state index is 0.202. The first-order valence-electron chi connectivity index (χ1n) is 5.49. The van der Waals surface area contributed by atoms with Gasteiger partial charge in [-0.15, -0.1) is 0 Å². The number of hydrogen-bond acceptors (Lipinski definition) is 3. The highest BCUT2D eigenvalue weighted by Gasteiger charge is 2.24. The molecule has 1 rings (SSSR count). The van der Waals surface area contributed by atoms with Crippen LogP contribution in [0.5, 0.6) is 0 Å². The summed E-state index contributed by atoms with van der Waals surface area (Å²) in [6.07, 6.45) is 2.73. The van der Waals surface area contributed by atoms with Crippen molar-refractivity contribution in [2.24, 2.45) is 5.73 Å². The summed E-state index contributed by atoms with van der Waals surface area (Å²) >= 11 is 0. The van der Waals surface area contributed by atoms with Gasteiger partial charge in [0.15, 0.2) is 0 Å². The second kappa shape index (κ2) is 5.98. The summed E-state index contributed by atoms with van der Waals surface area (Å²) < 4.78 is 0. The summed E-state index contributed by atoms with van der Waals surface area (Å²) in [7, 11) is 0. The first-order valence-corrected chi connectivity index (χ1v) is 5.49. The molecule has 0 aliphatic carbocycles. The molecule has 1 heterocycles. The van der Waals surface area contributed by atoms with Crippen molar-refractivity contribution in [1.82, 2.24) is 10.2 Å². The summed E-state index contributed by atoms with van der Waals surface area (Å²) in [6, 6.07) is 0.202. The van der Waals surface area contributed by atoms with Gasteiger partial charge in [-0.25, -0.2) is 0 Å². The Balaban J connectivity index is 2.41. The molecule has 0 spiro atoms. The quantitative estimate of drug-likeness (QED) is 0.666. The Hall–Kier alpha value is -0.610. The molecule has 3 N–H and O–H groups in total. The van der Waals surface area contributed by atoms with Crippen LogP contribution in [-0.2, 0) is 4.79 Å². The van der Waals surface area contributed by atoms with Gasteiger partial charge >= 0.3 is 0 Å². The van der Waals surface area contributed by atoms with E-state index in [1.165, 1.54) is 0 Å². The van der Waals surface area contributed by atoms with E-state index in [1.807, 2.05) is 4.90 Å². The Morgan fingerprint density at radius 3 is 3.07 bits per heavy atom. The summed E-state index contributed by atoms with van der Waals surface area (Å²) in [5.41, 5.74) is 5.63. The van der Waals surface area contributed by atoms with E-state index in [2.05, 4.69) is 12.2 Å². The smallest absolute Gasteiger partial charge is 0.222 e. The lowest BCUT2D eigenvalue weighted by Gasteiger charge is -2.35. The molecule has 0 saturated carbocycles. The lowest BCUT2D eigenvalue weighted by molar-refractivity contribution is -0.134. The monoisotopic (exact) mass is 199 g/mol. The van der Waals surface area contributed by atoms with Crippen molar-refractivity contribution in [2.75, 3.05) is 26.2 Å². The molecule has 82 valence electrons. The van der Waals surface area contributed by atoms with Crippen LogP contribution in [-0.4, -0.2) is 43.0 Å². The van der Waals surface area contributed by atoms with Crippen molar-refractivity contribution in [3.05, 3.63) is 0 Å². The van der Waals surface area contributed by atoms with Crippen molar-refractivity contribution in [2.45, 2.75) is 32.2 Å². The van der Waals surface area contributed by atoms with Crippen molar-refractivity contribution >= 4 is 5.91 Å². The van der Waals surface area contributed by atoms with Gasteiger partial charge in [-0.05, 0) is 6.42 Å². The topological polar surface area (TPSA) is 58.4 Å². The number of nitrogens with zero attached hydrogens (tertiary/aromatic N) is 1.